The quantitative estimate of drug-likeness (QED) is 0.359. The van der Waals surface area contributed by atoms with Crippen LogP contribution in [0.4, 0.5) is 22.0 Å². The van der Waals surface area contributed by atoms with Gasteiger partial charge in [-0.15, -0.1) is 11.3 Å². The average molecular weight is 438 g/mol. The largest absolute Gasteiger partial charge is 0.383 e. The average Bonchev–Trinajstić information content (AvgIpc) is 3.07. The van der Waals surface area contributed by atoms with Crippen LogP contribution in [-0.4, -0.2) is 16.0 Å². The summed E-state index contributed by atoms with van der Waals surface area (Å²) in [6.45, 7) is 4.08. The Morgan fingerprint density at radius 1 is 1.17 bits per heavy atom. The van der Waals surface area contributed by atoms with Gasteiger partial charge in [0.05, 0.1) is 16.1 Å². The minimum absolute atomic E-state index is 0.354. The van der Waals surface area contributed by atoms with Gasteiger partial charge >= 0.3 is 6.03 Å². The third kappa shape index (κ3) is 3.94. The fraction of sp³-hybridized carbons (Fsp3) is 0.136. The maximum absolute atomic E-state index is 12.4. The highest BCUT2D eigenvalue weighted by Crippen LogP contribution is 2.41. The van der Waals surface area contributed by atoms with Gasteiger partial charge in [0.15, 0.2) is 0 Å². The van der Waals surface area contributed by atoms with Crippen LogP contribution < -0.4 is 16.4 Å². The molecule has 4 rings (SSSR count). The second-order valence-corrected chi connectivity index (χ2v) is 8.41. The molecule has 2 amide bonds. The molecule has 0 fully saturated rings. The fourth-order valence-corrected chi connectivity index (χ4v) is 4.59. The molecule has 8 heteroatoms. The summed E-state index contributed by atoms with van der Waals surface area (Å²) in [5.74, 6) is 0.436. The summed E-state index contributed by atoms with van der Waals surface area (Å²) in [4.78, 5) is 22.7. The minimum Gasteiger partial charge on any atom is -0.383 e. The van der Waals surface area contributed by atoms with Crippen LogP contribution in [-0.2, 0) is 6.42 Å². The number of thiophene rings is 1. The van der Waals surface area contributed by atoms with Crippen LogP contribution in [0.5, 0.6) is 0 Å². The molecule has 6 nitrogen and oxygen atoms in total. The van der Waals surface area contributed by atoms with Gasteiger partial charge < -0.3 is 16.4 Å². The van der Waals surface area contributed by atoms with Crippen molar-refractivity contribution in [1.29, 1.82) is 0 Å². The molecule has 4 aromatic rings. The number of hydrogen-bond donors (Lipinski definition) is 3. The number of urea groups is 1. The van der Waals surface area contributed by atoms with Crippen molar-refractivity contribution in [2.45, 2.75) is 20.3 Å². The van der Waals surface area contributed by atoms with Crippen molar-refractivity contribution in [3.8, 4) is 11.1 Å². The Morgan fingerprint density at radius 2 is 2.00 bits per heavy atom. The number of carbonyl (C=O) groups excluding carboxylic acids is 1. The van der Waals surface area contributed by atoms with E-state index in [4.69, 9.17) is 17.3 Å². The lowest BCUT2D eigenvalue weighted by Crippen LogP contribution is -2.19. The molecule has 0 aliphatic rings. The first-order valence-electron chi connectivity index (χ1n) is 9.42. The van der Waals surface area contributed by atoms with E-state index in [1.807, 2.05) is 43.3 Å². The zero-order valence-electron chi connectivity index (χ0n) is 16.5. The van der Waals surface area contributed by atoms with Crippen molar-refractivity contribution in [2.24, 2.45) is 0 Å². The number of anilines is 3. The van der Waals surface area contributed by atoms with E-state index in [0.29, 0.717) is 16.5 Å². The van der Waals surface area contributed by atoms with E-state index < -0.39 is 0 Å². The Labute approximate surface area is 183 Å². The van der Waals surface area contributed by atoms with Gasteiger partial charge in [-0.05, 0) is 48.7 Å². The van der Waals surface area contributed by atoms with E-state index >= 15 is 0 Å². The van der Waals surface area contributed by atoms with Gasteiger partial charge in [-0.3, -0.25) is 0 Å². The summed E-state index contributed by atoms with van der Waals surface area (Å²) in [5, 5.41) is 6.89. The Balaban J connectivity index is 1.58. The number of aromatic nitrogens is 2. The summed E-state index contributed by atoms with van der Waals surface area (Å²) < 4.78 is 0. The maximum Gasteiger partial charge on any atom is 0.323 e. The summed E-state index contributed by atoms with van der Waals surface area (Å²) in [6, 6.07) is 12.9. The molecule has 2 aromatic carbocycles. The number of carbonyl (C=O) groups is 1. The van der Waals surface area contributed by atoms with Gasteiger partial charge in [0.2, 0.25) is 0 Å². The molecule has 30 heavy (non-hydrogen) atoms. The van der Waals surface area contributed by atoms with Gasteiger partial charge in [0, 0.05) is 16.1 Å². The van der Waals surface area contributed by atoms with Gasteiger partial charge in [0.25, 0.3) is 0 Å². The zero-order chi connectivity index (χ0) is 21.3. The monoisotopic (exact) mass is 437 g/mol. The number of nitrogens with zero attached hydrogens (tertiary/aromatic N) is 2. The van der Waals surface area contributed by atoms with E-state index in [9.17, 15) is 4.79 Å². The molecule has 4 N–H and O–H groups in total. The number of nitrogen functional groups attached to an aromatic ring is 1. The number of benzene rings is 2. The van der Waals surface area contributed by atoms with Crippen LogP contribution in [0.2, 0.25) is 5.02 Å². The molecule has 2 aromatic heterocycles. The van der Waals surface area contributed by atoms with Gasteiger partial charge in [-0.1, -0.05) is 36.7 Å². The molecule has 0 aliphatic heterocycles. The Bertz CT molecular complexity index is 1250. The van der Waals surface area contributed by atoms with Crippen molar-refractivity contribution in [2.75, 3.05) is 16.4 Å². The van der Waals surface area contributed by atoms with E-state index in [0.717, 1.165) is 43.9 Å². The molecule has 0 atom stereocenters. The van der Waals surface area contributed by atoms with Crippen molar-refractivity contribution in [3.05, 3.63) is 64.3 Å². The fourth-order valence-electron chi connectivity index (χ4n) is 3.34. The third-order valence-corrected chi connectivity index (χ3v) is 6.12. The zero-order valence-corrected chi connectivity index (χ0v) is 18.1. The summed E-state index contributed by atoms with van der Waals surface area (Å²) in [7, 11) is 0. The lowest BCUT2D eigenvalue weighted by molar-refractivity contribution is 0.262. The highest BCUT2D eigenvalue weighted by molar-refractivity contribution is 7.19. The second kappa shape index (κ2) is 8.30. The Kier molecular flexibility index (Phi) is 5.57. The standard InChI is InChI=1S/C22H20ClN5OS/c1-3-13-5-4-6-15(9-13)27-22(29)28-17-8-7-14(10-16(17)23)18-12(2)30-21-19(18)20(24)25-11-26-21/h4-11H,3H2,1-2H3,(H2,24,25,26)(H2,27,28,29). The summed E-state index contributed by atoms with van der Waals surface area (Å²) in [6.07, 6.45) is 2.36. The second-order valence-electron chi connectivity index (χ2n) is 6.80. The predicted molar refractivity (Wildman–Crippen MR) is 125 cm³/mol. The molecule has 0 bridgehead atoms. The first-order chi connectivity index (χ1) is 14.5. The summed E-state index contributed by atoms with van der Waals surface area (Å²) in [5.41, 5.74) is 10.3. The Morgan fingerprint density at radius 3 is 2.77 bits per heavy atom. The topological polar surface area (TPSA) is 92.9 Å². The first-order valence-corrected chi connectivity index (χ1v) is 10.6. The molecule has 0 spiro atoms. The molecule has 152 valence electrons. The smallest absolute Gasteiger partial charge is 0.323 e. The van der Waals surface area contributed by atoms with Crippen LogP contribution >= 0.6 is 22.9 Å². The highest BCUT2D eigenvalue weighted by atomic mass is 35.5. The van der Waals surface area contributed by atoms with Gasteiger partial charge in [-0.25, -0.2) is 14.8 Å². The lowest BCUT2D eigenvalue weighted by atomic mass is 10.0. The number of nitrogens with two attached hydrogens (primary N) is 1. The van der Waals surface area contributed by atoms with Crippen molar-refractivity contribution < 1.29 is 4.79 Å². The molecule has 0 radical (unpaired) electrons. The molecular formula is C22H20ClN5OS. The van der Waals surface area contributed by atoms with Crippen molar-refractivity contribution in [1.82, 2.24) is 9.97 Å². The van der Waals surface area contributed by atoms with E-state index in [-0.39, 0.29) is 6.03 Å². The van der Waals surface area contributed by atoms with Crippen LogP contribution in [0.1, 0.15) is 17.4 Å². The number of halogens is 1. The number of amides is 2. The third-order valence-electron chi connectivity index (χ3n) is 4.79. The van der Waals surface area contributed by atoms with Crippen LogP contribution in [0.15, 0.2) is 48.8 Å². The maximum atomic E-state index is 12.4. The minimum atomic E-state index is -0.354. The van der Waals surface area contributed by atoms with Crippen LogP contribution in [0, 0.1) is 6.92 Å². The number of fused-ring (bicyclic) bond motifs is 1. The van der Waals surface area contributed by atoms with Gasteiger partial charge in [0.1, 0.15) is 17.0 Å². The number of rotatable bonds is 4. The summed E-state index contributed by atoms with van der Waals surface area (Å²) >= 11 is 8.04. The molecule has 2 heterocycles. The number of hydrogen-bond acceptors (Lipinski definition) is 5. The first kappa shape index (κ1) is 20.1. The number of nitrogens with one attached hydrogen (secondary N) is 2. The molecule has 0 unspecified atom stereocenters. The predicted octanol–water partition coefficient (Wildman–Crippen LogP) is 6.11. The SMILES string of the molecule is CCc1cccc(NC(=O)Nc2ccc(-c3c(C)sc4ncnc(N)c34)cc2Cl)c1. The van der Waals surface area contributed by atoms with Gasteiger partial charge in [-0.2, -0.15) is 0 Å². The van der Waals surface area contributed by atoms with E-state index in [1.165, 1.54) is 6.33 Å². The molecule has 0 aliphatic carbocycles. The number of aryl methyl sites for hydroxylation is 2. The van der Waals surface area contributed by atoms with Crippen molar-refractivity contribution in [3.63, 3.8) is 0 Å². The van der Waals surface area contributed by atoms with E-state index in [1.54, 1.807) is 17.4 Å². The van der Waals surface area contributed by atoms with Crippen LogP contribution in [0.3, 0.4) is 0 Å². The molecule has 0 saturated carbocycles. The lowest BCUT2D eigenvalue weighted by Gasteiger charge is -2.11. The normalized spacial score (nSPS) is 10.9. The van der Waals surface area contributed by atoms with E-state index in [2.05, 4.69) is 27.5 Å². The van der Waals surface area contributed by atoms with Crippen molar-refractivity contribution >= 4 is 56.4 Å². The molecular weight excluding hydrogens is 418 g/mol. The molecule has 0 saturated heterocycles. The highest BCUT2D eigenvalue weighted by Gasteiger charge is 2.17. The Hall–Kier alpha value is -3.16. The van der Waals surface area contributed by atoms with Crippen LogP contribution in [0.25, 0.3) is 21.3 Å².